The van der Waals surface area contributed by atoms with Crippen molar-refractivity contribution in [3.05, 3.63) is 24.1 Å². The van der Waals surface area contributed by atoms with Crippen LogP contribution in [0.1, 0.15) is 45.4 Å². The van der Waals surface area contributed by atoms with E-state index in [1.807, 2.05) is 6.08 Å². The molecule has 13 heavy (non-hydrogen) atoms. The molecule has 1 N–H and O–H groups in total. The lowest BCUT2D eigenvalue weighted by atomic mass is 10.1. The summed E-state index contributed by atoms with van der Waals surface area (Å²) in [6, 6.07) is 0. The van der Waals surface area contributed by atoms with Gasteiger partial charge in [-0.25, -0.2) is 5.48 Å². The first-order chi connectivity index (χ1) is 6.43. The lowest BCUT2D eigenvalue weighted by molar-refractivity contribution is 0.155. The quantitative estimate of drug-likeness (QED) is 0.635. The molecule has 0 radical (unpaired) electrons. The highest BCUT2D eigenvalue weighted by molar-refractivity contribution is 5.11. The molecular weight excluding hydrogens is 162 g/mol. The smallest absolute Gasteiger partial charge is 0.119 e. The molecule has 0 atom stereocenters. The van der Waals surface area contributed by atoms with Crippen LogP contribution in [-0.2, 0) is 4.84 Å². The van der Waals surface area contributed by atoms with Crippen molar-refractivity contribution < 1.29 is 4.84 Å². The second kappa shape index (κ2) is 6.58. The number of rotatable bonds is 6. The van der Waals surface area contributed by atoms with Crippen LogP contribution >= 0.6 is 0 Å². The molecule has 1 aliphatic heterocycles. The molecule has 0 aliphatic carbocycles. The zero-order valence-electron chi connectivity index (χ0n) is 8.38. The van der Waals surface area contributed by atoms with Crippen molar-refractivity contribution in [2.75, 3.05) is 0 Å². The summed E-state index contributed by atoms with van der Waals surface area (Å²) in [6.45, 7) is 2.24. The zero-order valence-corrected chi connectivity index (χ0v) is 8.38. The number of hydrogen-bond acceptors (Lipinski definition) is 2. The highest BCUT2D eigenvalue weighted by atomic mass is 16.6. The lowest BCUT2D eigenvalue weighted by Crippen LogP contribution is -2.12. The van der Waals surface area contributed by atoms with Crippen LogP contribution in [0.3, 0.4) is 0 Å². The van der Waals surface area contributed by atoms with E-state index in [0.29, 0.717) is 0 Å². The molecule has 1 rings (SSSR count). The Morgan fingerprint density at radius 2 is 2.08 bits per heavy atom. The summed E-state index contributed by atoms with van der Waals surface area (Å²) in [5.74, 6) is 0. The first-order valence-electron chi connectivity index (χ1n) is 5.21. The summed E-state index contributed by atoms with van der Waals surface area (Å²) in [4.78, 5) is 4.96. The first kappa shape index (κ1) is 10.2. The molecule has 0 saturated carbocycles. The van der Waals surface area contributed by atoms with Crippen LogP contribution in [0.15, 0.2) is 24.1 Å². The molecule has 0 aromatic carbocycles. The van der Waals surface area contributed by atoms with Gasteiger partial charge in [0.15, 0.2) is 0 Å². The molecule has 2 heteroatoms. The Hall–Kier alpha value is -0.920. The minimum atomic E-state index is 1.11. The van der Waals surface area contributed by atoms with Gasteiger partial charge in [-0.3, -0.25) is 0 Å². The fourth-order valence-electron chi connectivity index (χ4n) is 1.39. The normalized spacial score (nSPS) is 14.7. The van der Waals surface area contributed by atoms with E-state index in [-0.39, 0.29) is 0 Å². The predicted molar refractivity (Wildman–Crippen MR) is 54.8 cm³/mol. The standard InChI is InChI=1S/C11H19NO/c1-2-3-4-5-6-8-11-9-7-10-13-12-11/h7,9-10,12H,2-6,8H2,1H3. The number of unbranched alkanes of at least 4 members (excludes halogenated alkanes) is 4. The predicted octanol–water partition coefficient (Wildman–Crippen LogP) is 3.28. The van der Waals surface area contributed by atoms with Crippen LogP contribution in [0.5, 0.6) is 0 Å². The Morgan fingerprint density at radius 1 is 1.23 bits per heavy atom. The minimum absolute atomic E-state index is 1.11. The highest BCUT2D eigenvalue weighted by Gasteiger charge is 1.98. The van der Waals surface area contributed by atoms with E-state index in [1.54, 1.807) is 6.26 Å². The van der Waals surface area contributed by atoms with Crippen molar-refractivity contribution in [2.45, 2.75) is 45.4 Å². The molecule has 1 heterocycles. The molecule has 0 amide bonds. The van der Waals surface area contributed by atoms with Gasteiger partial charge in [0.1, 0.15) is 6.26 Å². The first-order valence-corrected chi connectivity index (χ1v) is 5.21. The van der Waals surface area contributed by atoms with Crippen molar-refractivity contribution in [1.29, 1.82) is 0 Å². The summed E-state index contributed by atoms with van der Waals surface area (Å²) < 4.78 is 0. The Morgan fingerprint density at radius 3 is 2.77 bits per heavy atom. The molecule has 0 spiro atoms. The van der Waals surface area contributed by atoms with Crippen molar-refractivity contribution in [3.8, 4) is 0 Å². The average molecular weight is 181 g/mol. The molecule has 0 aromatic heterocycles. The molecule has 0 unspecified atom stereocenters. The molecule has 1 aliphatic rings. The van der Waals surface area contributed by atoms with E-state index in [9.17, 15) is 0 Å². The van der Waals surface area contributed by atoms with Gasteiger partial charge in [0.05, 0.1) is 0 Å². The van der Waals surface area contributed by atoms with Gasteiger partial charge < -0.3 is 4.84 Å². The zero-order chi connectivity index (χ0) is 9.36. The fraction of sp³-hybridized carbons (Fsp3) is 0.636. The van der Waals surface area contributed by atoms with Gasteiger partial charge >= 0.3 is 0 Å². The molecule has 2 nitrogen and oxygen atoms in total. The Kier molecular flexibility index (Phi) is 5.14. The van der Waals surface area contributed by atoms with Crippen LogP contribution in [-0.4, -0.2) is 0 Å². The topological polar surface area (TPSA) is 21.3 Å². The summed E-state index contributed by atoms with van der Waals surface area (Å²) in [5.41, 5.74) is 4.08. The molecule has 0 bridgehead atoms. The third-order valence-corrected chi connectivity index (χ3v) is 2.18. The second-order valence-corrected chi connectivity index (χ2v) is 3.40. The van der Waals surface area contributed by atoms with Crippen LogP contribution in [0.4, 0.5) is 0 Å². The van der Waals surface area contributed by atoms with Crippen LogP contribution in [0.25, 0.3) is 0 Å². The lowest BCUT2D eigenvalue weighted by Gasteiger charge is -2.11. The fourth-order valence-corrected chi connectivity index (χ4v) is 1.39. The number of hydrogen-bond donors (Lipinski definition) is 1. The van der Waals surface area contributed by atoms with Gasteiger partial charge in [-0.05, 0) is 25.0 Å². The summed E-state index contributed by atoms with van der Waals surface area (Å²) >= 11 is 0. The van der Waals surface area contributed by atoms with E-state index >= 15 is 0 Å². The van der Waals surface area contributed by atoms with Crippen molar-refractivity contribution in [2.24, 2.45) is 0 Å². The molecular formula is C11H19NO. The van der Waals surface area contributed by atoms with Gasteiger partial charge in [0.25, 0.3) is 0 Å². The van der Waals surface area contributed by atoms with E-state index in [1.165, 1.54) is 37.8 Å². The average Bonchev–Trinajstić information content (AvgIpc) is 2.19. The molecule has 0 fully saturated rings. The van der Waals surface area contributed by atoms with E-state index < -0.39 is 0 Å². The van der Waals surface area contributed by atoms with Gasteiger partial charge in [-0.15, -0.1) is 0 Å². The third-order valence-electron chi connectivity index (χ3n) is 2.18. The second-order valence-electron chi connectivity index (χ2n) is 3.40. The number of hydroxylamine groups is 1. The Labute approximate surface area is 80.6 Å². The van der Waals surface area contributed by atoms with Crippen LogP contribution < -0.4 is 5.48 Å². The largest absolute Gasteiger partial charge is 0.390 e. The van der Waals surface area contributed by atoms with E-state index in [4.69, 9.17) is 4.84 Å². The number of nitrogens with one attached hydrogen (secondary N) is 1. The van der Waals surface area contributed by atoms with Crippen molar-refractivity contribution in [3.63, 3.8) is 0 Å². The highest BCUT2D eigenvalue weighted by Crippen LogP contribution is 2.10. The summed E-state index contributed by atoms with van der Waals surface area (Å²) in [5, 5.41) is 0. The Balaban J connectivity index is 1.99. The maximum Gasteiger partial charge on any atom is 0.119 e. The maximum absolute atomic E-state index is 4.96. The van der Waals surface area contributed by atoms with Crippen LogP contribution in [0, 0.1) is 0 Å². The van der Waals surface area contributed by atoms with E-state index in [0.717, 1.165) is 6.42 Å². The molecule has 0 saturated heterocycles. The van der Waals surface area contributed by atoms with Crippen LogP contribution in [0.2, 0.25) is 0 Å². The van der Waals surface area contributed by atoms with E-state index in [2.05, 4.69) is 18.5 Å². The molecule has 0 aromatic rings. The molecule has 74 valence electrons. The maximum atomic E-state index is 4.96. The monoisotopic (exact) mass is 181 g/mol. The SMILES string of the molecule is CCCCCCCC1=CC=CON1. The summed E-state index contributed by atoms with van der Waals surface area (Å²) in [7, 11) is 0. The minimum Gasteiger partial charge on any atom is -0.390 e. The Bertz CT molecular complexity index is 185. The number of allylic oxidation sites excluding steroid dienone is 3. The van der Waals surface area contributed by atoms with Crippen molar-refractivity contribution >= 4 is 0 Å². The van der Waals surface area contributed by atoms with Crippen molar-refractivity contribution in [1.82, 2.24) is 5.48 Å². The van der Waals surface area contributed by atoms with Gasteiger partial charge in [0.2, 0.25) is 0 Å². The van der Waals surface area contributed by atoms with Gasteiger partial charge in [-0.2, -0.15) is 0 Å². The van der Waals surface area contributed by atoms with Gasteiger partial charge in [-0.1, -0.05) is 32.6 Å². The third kappa shape index (κ3) is 4.61. The van der Waals surface area contributed by atoms with Gasteiger partial charge in [0, 0.05) is 5.70 Å². The summed E-state index contributed by atoms with van der Waals surface area (Å²) in [6.07, 6.45) is 13.4.